The van der Waals surface area contributed by atoms with Gasteiger partial charge < -0.3 is 5.32 Å². The van der Waals surface area contributed by atoms with Crippen LogP contribution in [-0.2, 0) is 21.2 Å². The zero-order valence-electron chi connectivity index (χ0n) is 11.4. The highest BCUT2D eigenvalue weighted by atomic mass is 32.2. The molecule has 1 heterocycles. The van der Waals surface area contributed by atoms with Crippen molar-refractivity contribution in [1.82, 2.24) is 9.62 Å². The van der Waals surface area contributed by atoms with Crippen LogP contribution in [0.15, 0.2) is 23.1 Å². The molecule has 114 valence electrons. The summed E-state index contributed by atoms with van der Waals surface area (Å²) in [6.45, 7) is 1.88. The lowest BCUT2D eigenvalue weighted by Crippen LogP contribution is -2.49. The van der Waals surface area contributed by atoms with Crippen molar-refractivity contribution in [2.24, 2.45) is 0 Å². The van der Waals surface area contributed by atoms with Gasteiger partial charge in [-0.25, -0.2) is 8.42 Å². The Kier molecular flexibility index (Phi) is 4.24. The molecule has 1 aromatic rings. The number of rotatable bonds is 4. The molecule has 21 heavy (non-hydrogen) atoms. The van der Waals surface area contributed by atoms with E-state index >= 15 is 0 Å². The molecule has 8 nitrogen and oxygen atoms in total. The third kappa shape index (κ3) is 3.03. The third-order valence-corrected chi connectivity index (χ3v) is 5.19. The van der Waals surface area contributed by atoms with E-state index in [1.807, 2.05) is 0 Å². The number of piperazine rings is 1. The van der Waals surface area contributed by atoms with Crippen molar-refractivity contribution in [3.8, 4) is 0 Å². The van der Waals surface area contributed by atoms with Gasteiger partial charge in [0.15, 0.2) is 0 Å². The van der Waals surface area contributed by atoms with Crippen LogP contribution >= 0.6 is 0 Å². The van der Waals surface area contributed by atoms with E-state index in [1.54, 1.807) is 6.92 Å². The zero-order valence-corrected chi connectivity index (χ0v) is 12.2. The van der Waals surface area contributed by atoms with Crippen molar-refractivity contribution < 1.29 is 18.1 Å². The highest BCUT2D eigenvalue weighted by Gasteiger charge is 2.31. The number of nitro groups is 1. The Morgan fingerprint density at radius 2 is 2.14 bits per heavy atom. The predicted molar refractivity (Wildman–Crippen MR) is 74.2 cm³/mol. The molecular formula is C12H15N3O5S. The van der Waals surface area contributed by atoms with Gasteiger partial charge in [-0.05, 0) is 12.0 Å². The van der Waals surface area contributed by atoms with E-state index in [4.69, 9.17) is 0 Å². The van der Waals surface area contributed by atoms with E-state index in [0.29, 0.717) is 12.0 Å². The first-order chi connectivity index (χ1) is 9.86. The van der Waals surface area contributed by atoms with Crippen LogP contribution in [0.25, 0.3) is 0 Å². The Balaban J connectivity index is 2.49. The monoisotopic (exact) mass is 313 g/mol. The Morgan fingerprint density at radius 3 is 2.71 bits per heavy atom. The average Bonchev–Trinajstić information content (AvgIpc) is 2.46. The number of aryl methyl sites for hydroxylation is 1. The maximum atomic E-state index is 12.6. The molecular weight excluding hydrogens is 298 g/mol. The second-order valence-corrected chi connectivity index (χ2v) is 6.50. The van der Waals surface area contributed by atoms with Crippen LogP contribution < -0.4 is 5.32 Å². The van der Waals surface area contributed by atoms with Crippen molar-refractivity contribution in [3.05, 3.63) is 33.9 Å². The maximum absolute atomic E-state index is 12.6. The van der Waals surface area contributed by atoms with Crippen molar-refractivity contribution in [2.75, 3.05) is 19.6 Å². The Hall–Kier alpha value is -2.00. The molecule has 0 spiro atoms. The van der Waals surface area contributed by atoms with Crippen molar-refractivity contribution in [1.29, 1.82) is 0 Å². The average molecular weight is 313 g/mol. The summed E-state index contributed by atoms with van der Waals surface area (Å²) in [4.78, 5) is 21.5. The summed E-state index contributed by atoms with van der Waals surface area (Å²) in [5.41, 5.74) is 0.207. The Bertz CT molecular complexity index is 686. The molecule has 1 N–H and O–H groups in total. The number of hydrogen-bond acceptors (Lipinski definition) is 5. The van der Waals surface area contributed by atoms with Gasteiger partial charge in [0.1, 0.15) is 0 Å². The van der Waals surface area contributed by atoms with Gasteiger partial charge in [-0.15, -0.1) is 0 Å². The van der Waals surface area contributed by atoms with Gasteiger partial charge in [0.05, 0.1) is 16.4 Å². The second kappa shape index (κ2) is 5.78. The molecule has 0 aliphatic carbocycles. The zero-order chi connectivity index (χ0) is 15.6. The minimum Gasteiger partial charge on any atom is -0.354 e. The van der Waals surface area contributed by atoms with E-state index < -0.39 is 14.9 Å². The first kappa shape index (κ1) is 15.4. The second-order valence-electron chi connectivity index (χ2n) is 4.59. The molecule has 2 rings (SSSR count). The molecule has 1 amide bonds. The summed E-state index contributed by atoms with van der Waals surface area (Å²) in [6, 6.07) is 3.77. The standard InChI is InChI=1S/C12H15N3O5S/c1-2-9-3-4-10(15(17)18)7-11(9)21(19,20)14-6-5-13-12(16)8-14/h3-4,7H,2,5-6,8H2,1H3,(H,13,16). The molecule has 1 aliphatic rings. The highest BCUT2D eigenvalue weighted by molar-refractivity contribution is 7.89. The summed E-state index contributed by atoms with van der Waals surface area (Å²) >= 11 is 0. The molecule has 0 aromatic heterocycles. The van der Waals surface area contributed by atoms with Crippen LogP contribution in [-0.4, -0.2) is 43.2 Å². The SMILES string of the molecule is CCc1ccc([N+](=O)[O-])cc1S(=O)(=O)N1CCNC(=O)C1. The van der Waals surface area contributed by atoms with Crippen LogP contribution in [0, 0.1) is 10.1 Å². The number of sulfonamides is 1. The molecule has 0 radical (unpaired) electrons. The fraction of sp³-hybridized carbons (Fsp3) is 0.417. The van der Waals surface area contributed by atoms with Gasteiger partial charge in [-0.1, -0.05) is 13.0 Å². The Labute approximate surface area is 122 Å². The molecule has 0 atom stereocenters. The normalized spacial score (nSPS) is 16.5. The van der Waals surface area contributed by atoms with Gasteiger partial charge in [-0.3, -0.25) is 14.9 Å². The minimum atomic E-state index is -3.93. The van der Waals surface area contributed by atoms with E-state index in [9.17, 15) is 23.3 Å². The third-order valence-electron chi connectivity index (χ3n) is 3.26. The number of non-ortho nitro benzene ring substituents is 1. The van der Waals surface area contributed by atoms with Gasteiger partial charge in [0, 0.05) is 25.2 Å². The van der Waals surface area contributed by atoms with Crippen molar-refractivity contribution in [3.63, 3.8) is 0 Å². The quantitative estimate of drug-likeness (QED) is 0.634. The number of benzene rings is 1. The van der Waals surface area contributed by atoms with Crippen LogP contribution in [0.1, 0.15) is 12.5 Å². The van der Waals surface area contributed by atoms with Crippen LogP contribution in [0.4, 0.5) is 5.69 Å². The van der Waals surface area contributed by atoms with Crippen molar-refractivity contribution in [2.45, 2.75) is 18.2 Å². The van der Waals surface area contributed by atoms with Gasteiger partial charge in [0.25, 0.3) is 5.69 Å². The lowest BCUT2D eigenvalue weighted by Gasteiger charge is -2.26. The molecule has 0 saturated carbocycles. The van der Waals surface area contributed by atoms with Crippen LogP contribution in [0.2, 0.25) is 0 Å². The summed E-state index contributed by atoms with van der Waals surface area (Å²) in [5, 5.41) is 13.4. The number of carbonyl (C=O) groups is 1. The Morgan fingerprint density at radius 1 is 1.43 bits per heavy atom. The van der Waals surface area contributed by atoms with Crippen molar-refractivity contribution >= 4 is 21.6 Å². The fourth-order valence-electron chi connectivity index (χ4n) is 2.15. The lowest BCUT2D eigenvalue weighted by atomic mass is 10.1. The summed E-state index contributed by atoms with van der Waals surface area (Å²) < 4.78 is 26.3. The number of amides is 1. The maximum Gasteiger partial charge on any atom is 0.270 e. The highest BCUT2D eigenvalue weighted by Crippen LogP contribution is 2.26. The predicted octanol–water partition coefficient (Wildman–Crippen LogP) is 0.278. The van der Waals surface area contributed by atoms with Gasteiger partial charge in [0.2, 0.25) is 15.9 Å². The summed E-state index contributed by atoms with van der Waals surface area (Å²) in [7, 11) is -3.93. The minimum absolute atomic E-state index is 0.103. The number of carbonyl (C=O) groups excluding carboxylic acids is 1. The van der Waals surface area contributed by atoms with Gasteiger partial charge in [-0.2, -0.15) is 4.31 Å². The van der Waals surface area contributed by atoms with Crippen LogP contribution in [0.3, 0.4) is 0 Å². The molecule has 0 unspecified atom stereocenters. The lowest BCUT2D eigenvalue weighted by molar-refractivity contribution is -0.385. The molecule has 9 heteroatoms. The largest absolute Gasteiger partial charge is 0.354 e. The summed E-state index contributed by atoms with van der Waals surface area (Å²) in [5.74, 6) is -0.381. The smallest absolute Gasteiger partial charge is 0.270 e. The first-order valence-electron chi connectivity index (χ1n) is 6.40. The topological polar surface area (TPSA) is 110 Å². The van der Waals surface area contributed by atoms with Gasteiger partial charge >= 0.3 is 0 Å². The van der Waals surface area contributed by atoms with E-state index in [0.717, 1.165) is 10.4 Å². The molecule has 1 saturated heterocycles. The number of nitrogens with zero attached hydrogens (tertiary/aromatic N) is 2. The van der Waals surface area contributed by atoms with Crippen LogP contribution in [0.5, 0.6) is 0 Å². The molecule has 1 aromatic carbocycles. The molecule has 1 fully saturated rings. The first-order valence-corrected chi connectivity index (χ1v) is 7.84. The van der Waals surface area contributed by atoms with E-state index in [1.165, 1.54) is 12.1 Å². The fourth-order valence-corrected chi connectivity index (χ4v) is 3.86. The van der Waals surface area contributed by atoms with E-state index in [-0.39, 0.29) is 36.1 Å². The number of nitro benzene ring substituents is 1. The molecule has 0 bridgehead atoms. The number of hydrogen-bond donors (Lipinski definition) is 1. The number of nitrogens with one attached hydrogen (secondary N) is 1. The molecule has 1 aliphatic heterocycles. The summed E-state index contributed by atoms with van der Waals surface area (Å²) in [6.07, 6.45) is 0.423. The van der Waals surface area contributed by atoms with E-state index in [2.05, 4.69) is 5.32 Å².